The van der Waals surface area contributed by atoms with Crippen LogP contribution in [0, 0.1) is 6.92 Å². The quantitative estimate of drug-likeness (QED) is 0.790. The Morgan fingerprint density at radius 3 is 2.64 bits per heavy atom. The first-order valence-electron chi connectivity index (χ1n) is 7.15. The topological polar surface area (TPSA) is 79.8 Å². The first-order chi connectivity index (χ1) is 10.6. The van der Waals surface area contributed by atoms with Crippen LogP contribution < -0.4 is 0 Å². The summed E-state index contributed by atoms with van der Waals surface area (Å²) in [6.45, 7) is 4.48. The highest BCUT2D eigenvalue weighted by atomic mass is 16.5. The molecule has 3 rings (SSSR count). The molecule has 3 heterocycles. The van der Waals surface area contributed by atoms with Crippen LogP contribution in [0.25, 0.3) is 0 Å². The fourth-order valence-corrected chi connectivity index (χ4v) is 2.46. The Kier molecular flexibility index (Phi) is 4.06. The minimum absolute atomic E-state index is 0.0445. The number of aromatic nitrogens is 1. The molecule has 22 heavy (non-hydrogen) atoms. The first kappa shape index (κ1) is 14.5. The molecule has 0 saturated carbocycles. The summed E-state index contributed by atoms with van der Waals surface area (Å²) in [4.78, 5) is 28.0. The summed E-state index contributed by atoms with van der Waals surface area (Å²) in [6, 6.07) is 4.99. The van der Waals surface area contributed by atoms with Crippen molar-refractivity contribution in [1.29, 1.82) is 0 Å². The molecule has 0 aliphatic carbocycles. The third kappa shape index (κ3) is 3.09. The molecule has 1 amide bonds. The highest BCUT2D eigenvalue weighted by Gasteiger charge is 2.25. The predicted octanol–water partition coefficient (Wildman–Crippen LogP) is 1.22. The lowest BCUT2D eigenvalue weighted by Gasteiger charge is -2.33. The highest BCUT2D eigenvalue weighted by Crippen LogP contribution is 2.10. The van der Waals surface area contributed by atoms with E-state index < -0.39 is 0 Å². The molecular weight excluding hydrogens is 286 g/mol. The summed E-state index contributed by atoms with van der Waals surface area (Å²) in [5.41, 5.74) is 0.331. The Labute approximate surface area is 127 Å². The van der Waals surface area contributed by atoms with E-state index in [1.54, 1.807) is 30.0 Å². The van der Waals surface area contributed by atoms with Crippen LogP contribution in [0.2, 0.25) is 0 Å². The number of carbonyl (C=O) groups is 2. The van der Waals surface area contributed by atoms with Gasteiger partial charge in [0.1, 0.15) is 5.76 Å². The van der Waals surface area contributed by atoms with Gasteiger partial charge in [-0.1, -0.05) is 5.16 Å². The van der Waals surface area contributed by atoms with E-state index in [0.717, 1.165) is 0 Å². The Morgan fingerprint density at radius 1 is 1.27 bits per heavy atom. The molecular formula is C15H17N3O4. The Balaban J connectivity index is 1.52. The van der Waals surface area contributed by atoms with Gasteiger partial charge in [-0.2, -0.15) is 0 Å². The van der Waals surface area contributed by atoms with E-state index in [2.05, 4.69) is 5.16 Å². The van der Waals surface area contributed by atoms with Crippen molar-refractivity contribution in [3.63, 3.8) is 0 Å². The van der Waals surface area contributed by atoms with Gasteiger partial charge in [-0.05, 0) is 19.1 Å². The smallest absolute Gasteiger partial charge is 0.276 e. The van der Waals surface area contributed by atoms with Gasteiger partial charge in [0.2, 0.25) is 5.78 Å². The minimum Gasteiger partial charge on any atom is -0.461 e. The zero-order chi connectivity index (χ0) is 15.5. The number of piperazine rings is 1. The molecule has 116 valence electrons. The molecule has 0 bridgehead atoms. The molecule has 0 unspecified atom stereocenters. The molecule has 2 aromatic heterocycles. The largest absolute Gasteiger partial charge is 0.461 e. The first-order valence-corrected chi connectivity index (χ1v) is 7.15. The third-order valence-electron chi connectivity index (χ3n) is 3.67. The van der Waals surface area contributed by atoms with Crippen molar-refractivity contribution < 1.29 is 18.5 Å². The Bertz CT molecular complexity index is 654. The van der Waals surface area contributed by atoms with Gasteiger partial charge in [-0.15, -0.1) is 0 Å². The summed E-state index contributed by atoms with van der Waals surface area (Å²) < 4.78 is 10.0. The van der Waals surface area contributed by atoms with Crippen LogP contribution in [0.5, 0.6) is 0 Å². The highest BCUT2D eigenvalue weighted by molar-refractivity contribution is 5.95. The van der Waals surface area contributed by atoms with Crippen molar-refractivity contribution in [2.45, 2.75) is 6.92 Å². The van der Waals surface area contributed by atoms with Gasteiger partial charge >= 0.3 is 0 Å². The van der Waals surface area contributed by atoms with E-state index in [-0.39, 0.29) is 11.7 Å². The number of Topliss-reactive ketones (excluding diaryl/α,β-unsaturated/α-hetero) is 1. The van der Waals surface area contributed by atoms with Crippen LogP contribution in [-0.2, 0) is 0 Å². The summed E-state index contributed by atoms with van der Waals surface area (Å²) in [5.74, 6) is 0.813. The van der Waals surface area contributed by atoms with Crippen molar-refractivity contribution in [2.24, 2.45) is 0 Å². The molecule has 7 nitrogen and oxygen atoms in total. The maximum atomic E-state index is 12.2. The molecule has 1 saturated heterocycles. The third-order valence-corrected chi connectivity index (χ3v) is 3.67. The monoisotopic (exact) mass is 303 g/mol. The summed E-state index contributed by atoms with van der Waals surface area (Å²) in [7, 11) is 0. The van der Waals surface area contributed by atoms with Crippen molar-refractivity contribution in [3.8, 4) is 0 Å². The zero-order valence-corrected chi connectivity index (χ0v) is 12.3. The molecule has 1 fully saturated rings. The van der Waals surface area contributed by atoms with Crippen molar-refractivity contribution in [3.05, 3.63) is 41.7 Å². The number of ketones is 1. The average Bonchev–Trinajstić information content (AvgIpc) is 3.18. The van der Waals surface area contributed by atoms with Crippen molar-refractivity contribution in [1.82, 2.24) is 15.0 Å². The maximum Gasteiger partial charge on any atom is 0.276 e. The SMILES string of the molecule is Cc1cc(C(=O)N2CCN(CC(=O)c3ccco3)CC2)no1. The van der Waals surface area contributed by atoms with Gasteiger partial charge in [0.05, 0.1) is 12.8 Å². The van der Waals surface area contributed by atoms with E-state index in [1.807, 2.05) is 4.90 Å². The van der Waals surface area contributed by atoms with Crippen LogP contribution in [-0.4, -0.2) is 59.4 Å². The number of furan rings is 1. The molecule has 1 aliphatic heterocycles. The summed E-state index contributed by atoms with van der Waals surface area (Å²) in [5, 5.41) is 3.75. The van der Waals surface area contributed by atoms with Crippen molar-refractivity contribution in [2.75, 3.05) is 32.7 Å². The van der Waals surface area contributed by atoms with Crippen LogP contribution in [0.15, 0.2) is 33.4 Å². The lowest BCUT2D eigenvalue weighted by molar-refractivity contribution is 0.0611. The second kappa shape index (κ2) is 6.15. The summed E-state index contributed by atoms with van der Waals surface area (Å²) in [6.07, 6.45) is 1.49. The van der Waals surface area contributed by atoms with E-state index >= 15 is 0 Å². The van der Waals surface area contributed by atoms with E-state index in [1.165, 1.54) is 6.26 Å². The number of amides is 1. The Hall–Kier alpha value is -2.41. The predicted molar refractivity (Wildman–Crippen MR) is 76.6 cm³/mol. The number of hydrogen-bond acceptors (Lipinski definition) is 6. The number of carbonyl (C=O) groups excluding carboxylic acids is 2. The van der Waals surface area contributed by atoms with E-state index in [0.29, 0.717) is 49.9 Å². The van der Waals surface area contributed by atoms with Crippen molar-refractivity contribution >= 4 is 11.7 Å². The summed E-state index contributed by atoms with van der Waals surface area (Å²) >= 11 is 0. The second-order valence-corrected chi connectivity index (χ2v) is 5.29. The van der Waals surface area contributed by atoms with Gasteiger partial charge in [-0.25, -0.2) is 0 Å². The maximum absolute atomic E-state index is 12.2. The number of rotatable bonds is 4. The van der Waals surface area contributed by atoms with E-state index in [9.17, 15) is 9.59 Å². The van der Waals surface area contributed by atoms with Gasteiger partial charge in [0, 0.05) is 32.2 Å². The molecule has 1 aliphatic rings. The number of aryl methyl sites for hydroxylation is 1. The normalized spacial score (nSPS) is 16.0. The fraction of sp³-hybridized carbons (Fsp3) is 0.400. The molecule has 0 N–H and O–H groups in total. The number of hydrogen-bond donors (Lipinski definition) is 0. The van der Waals surface area contributed by atoms with Gasteiger partial charge in [0.25, 0.3) is 5.91 Å². The fourth-order valence-electron chi connectivity index (χ4n) is 2.46. The Morgan fingerprint density at radius 2 is 2.05 bits per heavy atom. The average molecular weight is 303 g/mol. The number of nitrogens with zero attached hydrogens (tertiary/aromatic N) is 3. The molecule has 2 aromatic rings. The molecule has 0 radical (unpaired) electrons. The lowest BCUT2D eigenvalue weighted by atomic mass is 10.2. The molecule has 0 aromatic carbocycles. The van der Waals surface area contributed by atoms with Gasteiger partial charge in [0.15, 0.2) is 11.5 Å². The second-order valence-electron chi connectivity index (χ2n) is 5.29. The standard InChI is InChI=1S/C15H17N3O4/c1-11-9-12(16-22-11)15(20)18-6-4-17(5-7-18)10-13(19)14-3-2-8-21-14/h2-3,8-9H,4-7,10H2,1H3. The molecule has 0 spiro atoms. The zero-order valence-electron chi connectivity index (χ0n) is 12.3. The van der Waals surface area contributed by atoms with E-state index in [4.69, 9.17) is 8.94 Å². The van der Waals surface area contributed by atoms with Crippen LogP contribution in [0.4, 0.5) is 0 Å². The minimum atomic E-state index is -0.131. The molecule has 7 heteroatoms. The van der Waals surface area contributed by atoms with Crippen LogP contribution in [0.1, 0.15) is 26.8 Å². The van der Waals surface area contributed by atoms with Crippen LogP contribution in [0.3, 0.4) is 0 Å². The lowest BCUT2D eigenvalue weighted by Crippen LogP contribution is -2.50. The van der Waals surface area contributed by atoms with Gasteiger partial charge < -0.3 is 13.8 Å². The van der Waals surface area contributed by atoms with Crippen LogP contribution >= 0.6 is 0 Å². The molecule has 0 atom stereocenters. The van der Waals surface area contributed by atoms with Gasteiger partial charge in [-0.3, -0.25) is 14.5 Å².